The van der Waals surface area contributed by atoms with Crippen molar-refractivity contribution in [3.8, 4) is 0 Å². The fraction of sp³-hybridized carbons (Fsp3) is 0. The van der Waals surface area contributed by atoms with E-state index in [9.17, 15) is 13.3 Å². The van der Waals surface area contributed by atoms with Gasteiger partial charge in [-0.15, -0.1) is 0 Å². The molecule has 0 saturated carbocycles. The van der Waals surface area contributed by atoms with Crippen LogP contribution in [-0.4, -0.2) is 32.7 Å². The van der Waals surface area contributed by atoms with Crippen LogP contribution in [0.2, 0.25) is 0 Å². The summed E-state index contributed by atoms with van der Waals surface area (Å²) in [6.07, 6.45) is 0. The molecule has 0 atom stereocenters. The van der Waals surface area contributed by atoms with Gasteiger partial charge in [-0.1, -0.05) is 0 Å². The molecule has 1 rings (SSSR count). The quantitative estimate of drug-likeness (QED) is 0.688. The number of nitrogens with two attached hydrogens (primary N) is 1. The molecule has 72 valence electrons. The van der Waals surface area contributed by atoms with Crippen LogP contribution in [0.4, 0.5) is 0 Å². The molecule has 1 amide bonds. The molecule has 5 nitrogen and oxygen atoms in total. The van der Waals surface area contributed by atoms with Gasteiger partial charge in [0.1, 0.15) is 0 Å². The van der Waals surface area contributed by atoms with E-state index < -0.39 is 27.6 Å². The Hall–Kier alpha value is -1.48. The summed E-state index contributed by atoms with van der Waals surface area (Å²) in [6, 6.07) is 3.77. The Morgan fingerprint density at radius 1 is 1.36 bits per heavy atom. The molecule has 0 heterocycles. The van der Waals surface area contributed by atoms with Gasteiger partial charge in [0.15, 0.2) is 0 Å². The third-order valence-corrected chi connectivity index (χ3v) is 2.80. The van der Waals surface area contributed by atoms with E-state index in [1.165, 1.54) is 18.2 Å². The predicted molar refractivity (Wildman–Crippen MR) is 48.0 cm³/mol. The van der Waals surface area contributed by atoms with Crippen LogP contribution in [-0.2, 0) is 3.74 Å². The summed E-state index contributed by atoms with van der Waals surface area (Å²) in [5, 5.41) is 8.69. The second-order valence-electron chi connectivity index (χ2n) is 2.49. The normalized spacial score (nSPS) is 10.0. The number of rotatable bonds is 3. The number of amides is 1. The van der Waals surface area contributed by atoms with Gasteiger partial charge in [-0.25, -0.2) is 0 Å². The number of benzene rings is 1. The van der Waals surface area contributed by atoms with E-state index in [1.807, 2.05) is 0 Å². The summed E-state index contributed by atoms with van der Waals surface area (Å²) in [6.45, 7) is 0. The fourth-order valence-corrected chi connectivity index (χ4v) is 1.91. The first-order valence-electron chi connectivity index (χ1n) is 3.56. The molecule has 0 radical (unpaired) electrons. The second kappa shape index (κ2) is 4.15. The fourth-order valence-electron chi connectivity index (χ4n) is 0.941. The minimum atomic E-state index is -1.49. The van der Waals surface area contributed by atoms with Gasteiger partial charge in [-0.2, -0.15) is 0 Å². The number of carboxylic acids is 1. The van der Waals surface area contributed by atoms with Crippen molar-refractivity contribution in [2.75, 3.05) is 0 Å². The zero-order valence-corrected chi connectivity index (χ0v) is 8.81. The summed E-state index contributed by atoms with van der Waals surface area (Å²) in [7, 11) is 0. The van der Waals surface area contributed by atoms with Crippen LogP contribution < -0.4 is 10.1 Å². The molecule has 0 aromatic heterocycles. The van der Waals surface area contributed by atoms with E-state index in [0.717, 1.165) is 0 Å². The number of primary amides is 1. The van der Waals surface area contributed by atoms with Crippen LogP contribution in [0.1, 0.15) is 20.7 Å². The Morgan fingerprint density at radius 3 is 2.43 bits per heavy atom. The number of aromatic carboxylic acids is 1. The molecule has 3 N–H and O–H groups in total. The van der Waals surface area contributed by atoms with Gasteiger partial charge < -0.3 is 0 Å². The third kappa shape index (κ3) is 2.06. The van der Waals surface area contributed by atoms with Crippen LogP contribution in [0.25, 0.3) is 0 Å². The molecule has 1 aromatic carbocycles. The van der Waals surface area contributed by atoms with Crippen molar-refractivity contribution in [3.63, 3.8) is 0 Å². The van der Waals surface area contributed by atoms with Gasteiger partial charge in [0.05, 0.1) is 0 Å². The molecule has 0 aliphatic rings. The molecule has 6 heteroatoms. The Balaban J connectivity index is 3.32. The zero-order chi connectivity index (χ0) is 10.7. The molecular formula is C8H6AsNO4. The van der Waals surface area contributed by atoms with Gasteiger partial charge in [-0.05, 0) is 0 Å². The van der Waals surface area contributed by atoms with Gasteiger partial charge in [0.25, 0.3) is 0 Å². The molecule has 0 unspecified atom stereocenters. The van der Waals surface area contributed by atoms with Gasteiger partial charge >= 0.3 is 85.4 Å². The van der Waals surface area contributed by atoms with Gasteiger partial charge in [0.2, 0.25) is 0 Å². The van der Waals surface area contributed by atoms with Crippen LogP contribution in [0.15, 0.2) is 18.2 Å². The Labute approximate surface area is 85.8 Å². The summed E-state index contributed by atoms with van der Waals surface area (Å²) in [5.74, 6) is -1.83. The maximum atomic E-state index is 10.7. The summed E-state index contributed by atoms with van der Waals surface area (Å²) in [5.41, 5.74) is 5.10. The van der Waals surface area contributed by atoms with Gasteiger partial charge in [-0.3, -0.25) is 0 Å². The molecular weight excluding hydrogens is 249 g/mol. The number of carbonyl (C=O) groups excluding carboxylic acids is 1. The van der Waals surface area contributed by atoms with Crippen LogP contribution in [0, 0.1) is 0 Å². The van der Waals surface area contributed by atoms with E-state index in [2.05, 4.69) is 0 Å². The second-order valence-corrected chi connectivity index (χ2v) is 3.89. The van der Waals surface area contributed by atoms with Crippen molar-refractivity contribution in [2.45, 2.75) is 0 Å². The number of hydrogen-bond acceptors (Lipinski definition) is 3. The molecule has 0 fully saturated rings. The van der Waals surface area contributed by atoms with Crippen molar-refractivity contribution >= 4 is 31.9 Å². The average molecular weight is 255 g/mol. The molecule has 14 heavy (non-hydrogen) atoms. The van der Waals surface area contributed by atoms with Crippen LogP contribution >= 0.6 is 0 Å². The standard InChI is InChI=1S/C8H6AsNO4/c10-7(11)4-1-2-5(8(12)13)6(3-4)9-14/h1-3H,(H2,10,11)(H,12,13). The summed E-state index contributed by atoms with van der Waals surface area (Å²) >= 11 is -1.49. The predicted octanol–water partition coefficient (Wildman–Crippen LogP) is -0.841. The molecule has 0 saturated heterocycles. The topological polar surface area (TPSA) is 97.5 Å². The number of hydrogen-bond donors (Lipinski definition) is 2. The Kier molecular flexibility index (Phi) is 3.14. The number of carbonyl (C=O) groups is 2. The summed E-state index contributed by atoms with van der Waals surface area (Å²) in [4.78, 5) is 21.4. The first kappa shape index (κ1) is 10.6. The SMILES string of the molecule is NC(=O)c1ccc(C(=O)O)c([As]=O)c1. The molecule has 0 spiro atoms. The Morgan fingerprint density at radius 2 is 2.00 bits per heavy atom. The van der Waals surface area contributed by atoms with E-state index in [1.54, 1.807) is 0 Å². The van der Waals surface area contributed by atoms with E-state index in [4.69, 9.17) is 10.8 Å². The van der Waals surface area contributed by atoms with Crippen molar-refractivity contribution in [1.29, 1.82) is 0 Å². The zero-order valence-electron chi connectivity index (χ0n) is 6.93. The van der Waals surface area contributed by atoms with Crippen molar-refractivity contribution < 1.29 is 18.4 Å². The van der Waals surface area contributed by atoms with E-state index in [0.29, 0.717) is 0 Å². The van der Waals surface area contributed by atoms with Crippen molar-refractivity contribution in [2.24, 2.45) is 5.73 Å². The first-order valence-corrected chi connectivity index (χ1v) is 5.27. The van der Waals surface area contributed by atoms with Crippen molar-refractivity contribution in [1.82, 2.24) is 0 Å². The molecule has 1 aromatic rings. The monoisotopic (exact) mass is 255 g/mol. The Bertz CT molecular complexity index is 416. The van der Waals surface area contributed by atoms with Crippen molar-refractivity contribution in [3.05, 3.63) is 29.3 Å². The van der Waals surface area contributed by atoms with E-state index in [-0.39, 0.29) is 15.5 Å². The first-order chi connectivity index (χ1) is 6.56. The maximum absolute atomic E-state index is 10.7. The molecule has 0 aliphatic carbocycles. The molecule has 0 bridgehead atoms. The number of carboxylic acid groups (broad SMARTS) is 1. The minimum absolute atomic E-state index is 0.0509. The summed E-state index contributed by atoms with van der Waals surface area (Å²) < 4.78 is 10.9. The van der Waals surface area contributed by atoms with E-state index >= 15 is 0 Å². The molecule has 0 aliphatic heterocycles. The average Bonchev–Trinajstić information content (AvgIpc) is 2.16. The van der Waals surface area contributed by atoms with Crippen LogP contribution in [0.5, 0.6) is 0 Å². The third-order valence-electron chi connectivity index (χ3n) is 1.61. The van der Waals surface area contributed by atoms with Crippen LogP contribution in [0.3, 0.4) is 0 Å². The van der Waals surface area contributed by atoms with Gasteiger partial charge in [0, 0.05) is 0 Å².